The fourth-order valence-corrected chi connectivity index (χ4v) is 9.68. The maximum Gasteiger partial charge on any atom is 0.0886 e. The summed E-state index contributed by atoms with van der Waals surface area (Å²) in [6.07, 6.45) is 10.2. The van der Waals surface area contributed by atoms with Crippen LogP contribution in [0.25, 0.3) is 88.2 Å². The number of hydrogen-bond donors (Lipinski definition) is 0. The summed E-state index contributed by atoms with van der Waals surface area (Å²) in [6, 6.07) is 67.8. The minimum Gasteiger partial charge on any atom is -0.332 e. The van der Waals surface area contributed by atoms with Gasteiger partial charge in [0.1, 0.15) is 0 Å². The zero-order valence-corrected chi connectivity index (χ0v) is 33.2. The Morgan fingerprint density at radius 2 is 0.984 bits per heavy atom. The Morgan fingerprint density at radius 3 is 1.67 bits per heavy atom. The van der Waals surface area contributed by atoms with Crippen molar-refractivity contribution in [3.05, 3.63) is 218 Å². The first kappa shape index (κ1) is 35.0. The Bertz CT molecular complexity index is 3310. The molecule has 0 fully saturated rings. The van der Waals surface area contributed by atoms with Crippen LogP contribution in [0.4, 0.5) is 11.4 Å². The van der Waals surface area contributed by atoms with Crippen LogP contribution in [0.3, 0.4) is 0 Å². The third-order valence-electron chi connectivity index (χ3n) is 12.5. The van der Waals surface area contributed by atoms with E-state index in [1.165, 1.54) is 65.8 Å². The molecule has 12 rings (SSSR count). The molecule has 0 radical (unpaired) electrons. The van der Waals surface area contributed by atoms with Gasteiger partial charge in [0.25, 0.3) is 0 Å². The van der Waals surface area contributed by atoms with E-state index >= 15 is 0 Å². The van der Waals surface area contributed by atoms with E-state index in [9.17, 15) is 0 Å². The highest BCUT2D eigenvalue weighted by Crippen LogP contribution is 2.48. The largest absolute Gasteiger partial charge is 0.332 e. The molecule has 0 N–H and O–H groups in total. The highest BCUT2D eigenvalue weighted by Gasteiger charge is 2.38. The fourth-order valence-electron chi connectivity index (χ4n) is 9.68. The fraction of sp³-hybridized carbons (Fsp3) is 0.0351. The first-order valence-electron chi connectivity index (χ1n) is 20.9. The average Bonchev–Trinajstić information content (AvgIpc) is 3.68. The SMILES string of the molecule is C1=CC2c3ccccc3N(c3cc(-c4ccccc4)cc(-c4ccc(-c5ccc(-c6c7ccccc7c(-c7ccc8ccccc8c7)c7ccccc67)cn5)nc4)c3)C2C=N1. The van der Waals surface area contributed by atoms with Crippen molar-refractivity contribution in [3.8, 4) is 55.9 Å². The van der Waals surface area contributed by atoms with Crippen molar-refractivity contribution < 1.29 is 0 Å². The number of nitrogens with zero attached hydrogens (tertiary/aromatic N) is 4. The molecule has 2 aliphatic heterocycles. The second kappa shape index (κ2) is 14.4. The van der Waals surface area contributed by atoms with Crippen LogP contribution in [0.15, 0.2) is 218 Å². The van der Waals surface area contributed by atoms with E-state index in [1.807, 2.05) is 18.6 Å². The Balaban J connectivity index is 0.914. The van der Waals surface area contributed by atoms with Crippen molar-refractivity contribution in [2.45, 2.75) is 12.0 Å². The summed E-state index contributed by atoms with van der Waals surface area (Å²) in [7, 11) is 0. The van der Waals surface area contributed by atoms with Crippen molar-refractivity contribution in [1.29, 1.82) is 0 Å². The van der Waals surface area contributed by atoms with Gasteiger partial charge >= 0.3 is 0 Å². The van der Waals surface area contributed by atoms with Crippen molar-refractivity contribution >= 4 is 49.9 Å². The molecule has 4 heterocycles. The molecule has 0 saturated carbocycles. The summed E-state index contributed by atoms with van der Waals surface area (Å²) in [5, 5.41) is 7.35. The molecule has 0 bridgehead atoms. The lowest BCUT2D eigenvalue weighted by Crippen LogP contribution is -2.32. The second-order valence-electron chi connectivity index (χ2n) is 16.0. The molecule has 2 atom stereocenters. The van der Waals surface area contributed by atoms with Gasteiger partial charge in [-0.2, -0.15) is 0 Å². The van der Waals surface area contributed by atoms with E-state index in [1.54, 1.807) is 0 Å². The molecule has 4 heteroatoms. The van der Waals surface area contributed by atoms with Gasteiger partial charge in [0.2, 0.25) is 0 Å². The number of benzene rings is 8. The van der Waals surface area contributed by atoms with Gasteiger partial charge in [0.05, 0.1) is 17.4 Å². The normalized spacial score (nSPS) is 15.4. The van der Waals surface area contributed by atoms with Gasteiger partial charge in [-0.3, -0.25) is 15.0 Å². The predicted octanol–water partition coefficient (Wildman–Crippen LogP) is 14.5. The molecule has 0 saturated heterocycles. The number of fused-ring (bicyclic) bond motifs is 6. The van der Waals surface area contributed by atoms with Crippen LogP contribution in [0.5, 0.6) is 0 Å². The predicted molar refractivity (Wildman–Crippen MR) is 254 cm³/mol. The van der Waals surface area contributed by atoms with Gasteiger partial charge in [-0.15, -0.1) is 0 Å². The quantitative estimate of drug-likeness (QED) is 0.158. The number of rotatable bonds is 6. The Kier molecular flexibility index (Phi) is 8.27. The summed E-state index contributed by atoms with van der Waals surface area (Å²) in [4.78, 5) is 17.1. The molecule has 61 heavy (non-hydrogen) atoms. The van der Waals surface area contributed by atoms with Crippen LogP contribution in [0, 0.1) is 0 Å². The monoisotopic (exact) mass is 778 g/mol. The van der Waals surface area contributed by atoms with Crippen LogP contribution in [0.2, 0.25) is 0 Å². The third-order valence-corrected chi connectivity index (χ3v) is 12.5. The van der Waals surface area contributed by atoms with E-state index in [0.29, 0.717) is 0 Å². The molecule has 286 valence electrons. The zero-order valence-electron chi connectivity index (χ0n) is 33.2. The van der Waals surface area contributed by atoms with E-state index in [2.05, 4.69) is 210 Å². The summed E-state index contributed by atoms with van der Waals surface area (Å²) >= 11 is 0. The van der Waals surface area contributed by atoms with Crippen molar-refractivity contribution in [2.75, 3.05) is 4.90 Å². The summed E-state index contributed by atoms with van der Waals surface area (Å²) in [6.45, 7) is 0. The van der Waals surface area contributed by atoms with Gasteiger partial charge in [0, 0.05) is 53.2 Å². The molecule has 0 aliphatic carbocycles. The van der Waals surface area contributed by atoms with Crippen molar-refractivity contribution in [3.63, 3.8) is 0 Å². The summed E-state index contributed by atoms with van der Waals surface area (Å²) < 4.78 is 0. The molecular weight excluding hydrogens is 741 g/mol. The second-order valence-corrected chi connectivity index (χ2v) is 16.0. The summed E-state index contributed by atoms with van der Waals surface area (Å²) in [5.41, 5.74) is 14.6. The lowest BCUT2D eigenvalue weighted by Gasteiger charge is -2.29. The molecule has 10 aromatic rings. The smallest absolute Gasteiger partial charge is 0.0886 e. The highest BCUT2D eigenvalue weighted by atomic mass is 15.2. The van der Waals surface area contributed by atoms with Gasteiger partial charge < -0.3 is 4.90 Å². The topological polar surface area (TPSA) is 41.4 Å². The standard InChI is InChI=1S/C57H38N4/c1-2-12-37(13-3-1)43-31-44(33-45(32-43)61-54-21-11-10-16-46(54)47-28-29-58-36-55(47)61)41-24-26-52(59-34-41)53-27-25-42(35-60-53)57-50-19-8-6-17-48(50)56(49-18-7-9-20-51(49)57)40-23-22-38-14-4-5-15-39(38)30-40/h1-36,47,55H. The van der Waals surface area contributed by atoms with Crippen LogP contribution in [0.1, 0.15) is 11.5 Å². The number of anilines is 2. The molecule has 0 spiro atoms. The number of aliphatic imine (C=N–C) groups is 1. The van der Waals surface area contributed by atoms with Crippen molar-refractivity contribution in [2.24, 2.45) is 4.99 Å². The molecule has 4 nitrogen and oxygen atoms in total. The Morgan fingerprint density at radius 1 is 0.410 bits per heavy atom. The Hall–Kier alpha value is -7.95. The molecular formula is C57H38N4. The number of para-hydroxylation sites is 1. The van der Waals surface area contributed by atoms with E-state index < -0.39 is 0 Å². The molecule has 8 aromatic carbocycles. The van der Waals surface area contributed by atoms with Crippen LogP contribution < -0.4 is 4.90 Å². The van der Waals surface area contributed by atoms with E-state index in [0.717, 1.165) is 39.3 Å². The van der Waals surface area contributed by atoms with Crippen LogP contribution >= 0.6 is 0 Å². The maximum atomic E-state index is 5.05. The van der Waals surface area contributed by atoms with Gasteiger partial charge in [-0.25, -0.2) is 0 Å². The number of hydrogen-bond acceptors (Lipinski definition) is 4. The molecule has 2 aromatic heterocycles. The number of pyridine rings is 2. The van der Waals surface area contributed by atoms with E-state index in [4.69, 9.17) is 9.97 Å². The zero-order chi connectivity index (χ0) is 40.3. The molecule has 2 aliphatic rings. The lowest BCUT2D eigenvalue weighted by molar-refractivity contribution is 0.787. The first-order valence-corrected chi connectivity index (χ1v) is 20.9. The summed E-state index contributed by atoms with van der Waals surface area (Å²) in [5.74, 6) is 0.254. The third kappa shape index (κ3) is 5.95. The highest BCUT2D eigenvalue weighted by molar-refractivity contribution is 6.21. The Labute approximate surface area is 354 Å². The van der Waals surface area contributed by atoms with Crippen LogP contribution in [-0.2, 0) is 0 Å². The minimum absolute atomic E-state index is 0.106. The molecule has 2 unspecified atom stereocenters. The first-order chi connectivity index (χ1) is 30.2. The average molecular weight is 779 g/mol. The van der Waals surface area contributed by atoms with E-state index in [-0.39, 0.29) is 12.0 Å². The molecule has 0 amide bonds. The van der Waals surface area contributed by atoms with Crippen LogP contribution in [-0.4, -0.2) is 22.2 Å². The van der Waals surface area contributed by atoms with Gasteiger partial charge in [0.15, 0.2) is 0 Å². The minimum atomic E-state index is 0.106. The van der Waals surface area contributed by atoms with Gasteiger partial charge in [-0.05, 0) is 114 Å². The van der Waals surface area contributed by atoms with Crippen molar-refractivity contribution in [1.82, 2.24) is 9.97 Å². The maximum absolute atomic E-state index is 5.05. The van der Waals surface area contributed by atoms with Gasteiger partial charge in [-0.1, -0.05) is 152 Å². The number of aromatic nitrogens is 2. The lowest BCUT2D eigenvalue weighted by atomic mass is 9.86.